The Labute approximate surface area is 200 Å². The van der Waals surface area contributed by atoms with Crippen LogP contribution in [0.1, 0.15) is 29.2 Å². The fraction of sp³-hybridized carbons (Fsp3) is 0.259. The summed E-state index contributed by atoms with van der Waals surface area (Å²) in [5.41, 5.74) is 7.12. The van der Waals surface area contributed by atoms with Gasteiger partial charge in [-0.15, -0.1) is 0 Å². The van der Waals surface area contributed by atoms with Gasteiger partial charge in [0.1, 0.15) is 6.17 Å². The molecular formula is C27H31N5O2. The second kappa shape index (κ2) is 12.1. The average Bonchev–Trinajstić information content (AvgIpc) is 3.30. The van der Waals surface area contributed by atoms with Gasteiger partial charge in [0.25, 0.3) is 0 Å². The molecule has 0 aromatic heterocycles. The lowest BCUT2D eigenvalue weighted by atomic mass is 10.1. The number of carbonyl (C=O) groups is 1. The topological polar surface area (TPSA) is 89.0 Å². The lowest BCUT2D eigenvalue weighted by molar-refractivity contribution is -0.117. The Balaban J connectivity index is 1.18. The number of hydrogen-bond donors (Lipinski definition) is 4. The molecule has 0 aliphatic carbocycles. The van der Waals surface area contributed by atoms with Gasteiger partial charge in [0.2, 0.25) is 5.91 Å². The van der Waals surface area contributed by atoms with E-state index in [9.17, 15) is 9.90 Å². The van der Waals surface area contributed by atoms with Gasteiger partial charge in [-0.3, -0.25) is 9.79 Å². The molecule has 4 rings (SSSR count). The van der Waals surface area contributed by atoms with Gasteiger partial charge in [-0.05, 0) is 41.8 Å². The van der Waals surface area contributed by atoms with Crippen LogP contribution in [0, 0.1) is 0 Å². The Bertz CT molecular complexity index is 1060. The number of nitrogens with one attached hydrogen (secondary N) is 3. The Kier molecular flexibility index (Phi) is 8.40. The number of aliphatic hydroxyl groups is 1. The lowest BCUT2D eigenvalue weighted by Crippen LogP contribution is -2.39. The van der Waals surface area contributed by atoms with Gasteiger partial charge >= 0.3 is 0 Å². The van der Waals surface area contributed by atoms with E-state index < -0.39 is 6.10 Å². The molecule has 34 heavy (non-hydrogen) atoms. The first-order valence-electron chi connectivity index (χ1n) is 11.6. The highest BCUT2D eigenvalue weighted by molar-refractivity contribution is 5.91. The number of aliphatic hydroxyl groups excluding tert-OH is 1. The molecule has 3 aromatic rings. The fourth-order valence-electron chi connectivity index (χ4n) is 3.85. The van der Waals surface area contributed by atoms with Crippen LogP contribution in [0.5, 0.6) is 0 Å². The number of nitrogens with zero attached hydrogens (tertiary/aromatic N) is 2. The van der Waals surface area contributed by atoms with Gasteiger partial charge in [-0.2, -0.15) is 5.01 Å². The second-order valence-corrected chi connectivity index (χ2v) is 8.33. The van der Waals surface area contributed by atoms with Gasteiger partial charge < -0.3 is 21.2 Å². The summed E-state index contributed by atoms with van der Waals surface area (Å²) in [4.78, 5) is 17.0. The minimum absolute atomic E-state index is 0.0757. The molecule has 1 amide bonds. The van der Waals surface area contributed by atoms with E-state index in [-0.39, 0.29) is 18.5 Å². The third-order valence-electron chi connectivity index (χ3n) is 5.74. The van der Waals surface area contributed by atoms with E-state index in [2.05, 4.69) is 33.2 Å². The van der Waals surface area contributed by atoms with Gasteiger partial charge in [-0.1, -0.05) is 72.8 Å². The summed E-state index contributed by atoms with van der Waals surface area (Å²) in [7, 11) is 0. The van der Waals surface area contributed by atoms with Crippen molar-refractivity contribution in [2.75, 3.05) is 18.4 Å². The number of benzene rings is 3. The van der Waals surface area contributed by atoms with Crippen molar-refractivity contribution in [1.82, 2.24) is 15.8 Å². The Hall–Kier alpha value is -3.52. The van der Waals surface area contributed by atoms with Crippen LogP contribution in [0.2, 0.25) is 0 Å². The second-order valence-electron chi connectivity index (χ2n) is 8.33. The number of anilines is 1. The van der Waals surface area contributed by atoms with Crippen molar-refractivity contribution < 1.29 is 9.90 Å². The first-order valence-corrected chi connectivity index (χ1v) is 11.6. The highest BCUT2D eigenvalue weighted by atomic mass is 16.3. The summed E-state index contributed by atoms with van der Waals surface area (Å²) in [6.07, 6.45) is 2.00. The molecular weight excluding hydrogens is 426 g/mol. The summed E-state index contributed by atoms with van der Waals surface area (Å²) >= 11 is 0. The van der Waals surface area contributed by atoms with E-state index in [0.717, 1.165) is 29.8 Å². The van der Waals surface area contributed by atoms with Crippen LogP contribution < -0.4 is 16.1 Å². The van der Waals surface area contributed by atoms with Gasteiger partial charge in [0, 0.05) is 18.8 Å². The SMILES string of the molecule is O=C(CC1N=CNN1Cc1ccccc1)Nc1ccc(CCNCC(O)c2ccccc2)cc1. The maximum atomic E-state index is 12.6. The van der Waals surface area contributed by atoms with E-state index in [1.165, 1.54) is 5.56 Å². The minimum atomic E-state index is -0.512. The Morgan fingerprint density at radius 1 is 0.971 bits per heavy atom. The van der Waals surface area contributed by atoms with Crippen LogP contribution >= 0.6 is 0 Å². The highest BCUT2D eigenvalue weighted by Gasteiger charge is 2.24. The van der Waals surface area contributed by atoms with E-state index in [0.29, 0.717) is 13.1 Å². The first-order chi connectivity index (χ1) is 16.7. The monoisotopic (exact) mass is 457 g/mol. The van der Waals surface area contributed by atoms with Crippen LogP contribution in [0.15, 0.2) is 89.9 Å². The zero-order valence-corrected chi connectivity index (χ0v) is 19.1. The summed E-state index contributed by atoms with van der Waals surface area (Å²) in [6.45, 7) is 1.95. The average molecular weight is 458 g/mol. The molecule has 1 heterocycles. The summed E-state index contributed by atoms with van der Waals surface area (Å²) < 4.78 is 0. The standard InChI is InChI=1S/C27H31N5O2/c33-25(23-9-5-2-6-10-23)18-28-16-15-21-11-13-24(14-12-21)31-27(34)17-26-29-20-30-32(26)19-22-7-3-1-4-8-22/h1-14,20,25-26,28,33H,15-19H2,(H,29,30)(H,31,34). The number of amides is 1. The maximum Gasteiger partial charge on any atom is 0.227 e. The molecule has 3 aromatic carbocycles. The van der Waals surface area contributed by atoms with Crippen molar-refractivity contribution in [2.24, 2.45) is 4.99 Å². The van der Waals surface area contributed by atoms with Crippen LogP contribution in [0.25, 0.3) is 0 Å². The van der Waals surface area contributed by atoms with Gasteiger partial charge in [0.15, 0.2) is 0 Å². The molecule has 7 heteroatoms. The highest BCUT2D eigenvalue weighted by Crippen LogP contribution is 2.15. The Morgan fingerprint density at radius 3 is 2.41 bits per heavy atom. The van der Waals surface area contributed by atoms with Crippen molar-refractivity contribution in [3.8, 4) is 0 Å². The van der Waals surface area contributed by atoms with Gasteiger partial charge in [0.05, 0.1) is 18.9 Å². The first kappa shape index (κ1) is 23.6. The fourth-order valence-corrected chi connectivity index (χ4v) is 3.85. The van der Waals surface area contributed by atoms with Crippen molar-refractivity contribution in [2.45, 2.75) is 31.7 Å². The van der Waals surface area contributed by atoms with Crippen molar-refractivity contribution >= 4 is 17.9 Å². The molecule has 2 atom stereocenters. The van der Waals surface area contributed by atoms with E-state index in [1.807, 2.05) is 77.8 Å². The molecule has 2 unspecified atom stereocenters. The van der Waals surface area contributed by atoms with E-state index >= 15 is 0 Å². The summed E-state index contributed by atoms with van der Waals surface area (Å²) in [6, 6.07) is 27.6. The van der Waals surface area contributed by atoms with Gasteiger partial charge in [-0.25, -0.2) is 0 Å². The zero-order valence-electron chi connectivity index (χ0n) is 19.1. The number of hydrogen-bond acceptors (Lipinski definition) is 6. The van der Waals surface area contributed by atoms with Crippen molar-refractivity contribution in [1.29, 1.82) is 0 Å². The molecule has 0 spiro atoms. The molecule has 1 aliphatic rings. The van der Waals surface area contributed by atoms with E-state index in [4.69, 9.17) is 0 Å². The predicted octanol–water partition coefficient (Wildman–Crippen LogP) is 3.26. The van der Waals surface area contributed by atoms with Crippen LogP contribution in [-0.2, 0) is 17.8 Å². The molecule has 1 aliphatic heterocycles. The molecule has 0 fully saturated rings. The largest absolute Gasteiger partial charge is 0.387 e. The number of aliphatic imine (C=N–C) groups is 1. The third kappa shape index (κ3) is 6.99. The summed E-state index contributed by atoms with van der Waals surface area (Å²) in [5, 5.41) is 18.4. The van der Waals surface area contributed by atoms with Crippen LogP contribution in [0.4, 0.5) is 5.69 Å². The predicted molar refractivity (Wildman–Crippen MR) is 135 cm³/mol. The van der Waals surface area contributed by atoms with Crippen LogP contribution in [0.3, 0.4) is 0 Å². The quantitative estimate of drug-likeness (QED) is 0.332. The lowest BCUT2D eigenvalue weighted by Gasteiger charge is -2.22. The number of rotatable bonds is 11. The molecule has 0 saturated carbocycles. The number of carbonyl (C=O) groups excluding carboxylic acids is 1. The third-order valence-corrected chi connectivity index (χ3v) is 5.74. The molecule has 0 radical (unpaired) electrons. The normalized spacial score (nSPS) is 16.2. The number of hydrazine groups is 1. The van der Waals surface area contributed by atoms with Crippen LogP contribution in [-0.4, -0.2) is 41.6 Å². The molecule has 7 nitrogen and oxygen atoms in total. The molecule has 0 saturated heterocycles. The van der Waals surface area contributed by atoms with Crippen molar-refractivity contribution in [3.05, 3.63) is 102 Å². The van der Waals surface area contributed by atoms with E-state index in [1.54, 1.807) is 6.34 Å². The molecule has 0 bridgehead atoms. The zero-order chi connectivity index (χ0) is 23.6. The minimum Gasteiger partial charge on any atom is -0.387 e. The molecule has 4 N–H and O–H groups in total. The summed E-state index contributed by atoms with van der Waals surface area (Å²) in [5.74, 6) is -0.0757. The Morgan fingerprint density at radius 2 is 1.68 bits per heavy atom. The molecule has 176 valence electrons. The smallest absolute Gasteiger partial charge is 0.227 e. The van der Waals surface area contributed by atoms with Crippen molar-refractivity contribution in [3.63, 3.8) is 0 Å². The maximum absolute atomic E-state index is 12.6.